The third kappa shape index (κ3) is 1.39. The largest absolute Gasteiger partial charge is 0.357 e. The Morgan fingerprint density at radius 2 is 2.38 bits per heavy atom. The number of aromatic nitrogens is 3. The van der Waals surface area contributed by atoms with E-state index in [1.165, 1.54) is 6.42 Å². The third-order valence-corrected chi connectivity index (χ3v) is 2.50. The van der Waals surface area contributed by atoms with Crippen LogP contribution in [-0.2, 0) is 7.05 Å². The maximum absolute atomic E-state index is 4.16. The average molecular weight is 181 g/mol. The van der Waals surface area contributed by atoms with Crippen LogP contribution in [0.25, 0.3) is 0 Å². The first-order valence-electron chi connectivity index (χ1n) is 4.63. The smallest absolute Gasteiger partial charge is 0.224 e. The van der Waals surface area contributed by atoms with E-state index in [4.69, 9.17) is 0 Å². The molecular weight excluding hydrogens is 166 g/mol. The van der Waals surface area contributed by atoms with Gasteiger partial charge in [-0.3, -0.25) is 4.57 Å². The van der Waals surface area contributed by atoms with Crippen LogP contribution in [0.1, 0.15) is 24.7 Å². The molecule has 2 heterocycles. The van der Waals surface area contributed by atoms with E-state index in [0.29, 0.717) is 6.04 Å². The highest BCUT2D eigenvalue weighted by Gasteiger charge is 2.21. The van der Waals surface area contributed by atoms with Gasteiger partial charge >= 0.3 is 0 Å². The summed E-state index contributed by atoms with van der Waals surface area (Å²) in [6.45, 7) is 1.09. The summed E-state index contributed by atoms with van der Waals surface area (Å²) in [5.74, 6) is 1.85. The molecule has 5 heteroatoms. The molecule has 72 valence electrons. The monoisotopic (exact) mass is 181 g/mol. The lowest BCUT2D eigenvalue weighted by molar-refractivity contribution is 0.578. The highest BCUT2D eigenvalue weighted by atomic mass is 15.3. The molecule has 1 aromatic heterocycles. The maximum Gasteiger partial charge on any atom is 0.224 e. The van der Waals surface area contributed by atoms with E-state index in [2.05, 4.69) is 20.8 Å². The summed E-state index contributed by atoms with van der Waals surface area (Å²) >= 11 is 0. The number of anilines is 1. The molecule has 0 spiro atoms. The lowest BCUT2D eigenvalue weighted by atomic mass is 10.2. The molecule has 2 rings (SSSR count). The van der Waals surface area contributed by atoms with Gasteiger partial charge in [-0.25, -0.2) is 0 Å². The van der Waals surface area contributed by atoms with Crippen molar-refractivity contribution in [2.45, 2.75) is 18.9 Å². The molecule has 0 bridgehead atoms. The minimum absolute atomic E-state index is 0.389. The van der Waals surface area contributed by atoms with Gasteiger partial charge in [0, 0.05) is 14.1 Å². The van der Waals surface area contributed by atoms with Crippen molar-refractivity contribution >= 4 is 5.95 Å². The second-order valence-corrected chi connectivity index (χ2v) is 3.34. The second-order valence-electron chi connectivity index (χ2n) is 3.34. The third-order valence-electron chi connectivity index (χ3n) is 2.50. The predicted octanol–water partition coefficient (Wildman–Crippen LogP) is 0.281. The second kappa shape index (κ2) is 3.33. The van der Waals surface area contributed by atoms with Crippen molar-refractivity contribution in [3.63, 3.8) is 0 Å². The van der Waals surface area contributed by atoms with Gasteiger partial charge in [0.1, 0.15) is 0 Å². The molecule has 1 aliphatic heterocycles. The number of hydrogen-bond donors (Lipinski definition) is 2. The summed E-state index contributed by atoms with van der Waals surface area (Å²) in [5, 5.41) is 14.6. The van der Waals surface area contributed by atoms with Crippen LogP contribution in [0.15, 0.2) is 0 Å². The molecule has 0 saturated carbocycles. The maximum atomic E-state index is 4.16. The number of rotatable bonds is 2. The van der Waals surface area contributed by atoms with Gasteiger partial charge in [-0.1, -0.05) is 0 Å². The van der Waals surface area contributed by atoms with E-state index < -0.39 is 0 Å². The van der Waals surface area contributed by atoms with Gasteiger partial charge in [-0.15, -0.1) is 10.2 Å². The van der Waals surface area contributed by atoms with Gasteiger partial charge < -0.3 is 10.6 Å². The number of nitrogens with zero attached hydrogens (tertiary/aromatic N) is 3. The predicted molar refractivity (Wildman–Crippen MR) is 50.5 cm³/mol. The van der Waals surface area contributed by atoms with E-state index in [9.17, 15) is 0 Å². The fourth-order valence-corrected chi connectivity index (χ4v) is 1.77. The van der Waals surface area contributed by atoms with Crippen molar-refractivity contribution in [2.75, 3.05) is 18.9 Å². The van der Waals surface area contributed by atoms with Crippen LogP contribution in [0.4, 0.5) is 5.95 Å². The van der Waals surface area contributed by atoms with Gasteiger partial charge in [-0.2, -0.15) is 0 Å². The Balaban J connectivity index is 2.24. The molecule has 1 aliphatic rings. The molecule has 1 fully saturated rings. The Kier molecular flexibility index (Phi) is 2.18. The van der Waals surface area contributed by atoms with Crippen molar-refractivity contribution in [3.05, 3.63) is 5.82 Å². The first-order valence-corrected chi connectivity index (χ1v) is 4.63. The number of nitrogens with one attached hydrogen (secondary N) is 2. The molecule has 0 amide bonds. The van der Waals surface area contributed by atoms with Crippen LogP contribution < -0.4 is 10.6 Å². The Hall–Kier alpha value is -1.10. The standard InChI is InChI=1S/C8H15N5/c1-9-8-12-11-7(13(8)2)6-4-3-5-10-6/h6,10H,3-5H2,1-2H3,(H,9,12)/t6-/m1/s1. The van der Waals surface area contributed by atoms with E-state index in [0.717, 1.165) is 24.7 Å². The normalized spacial score (nSPS) is 22.2. The van der Waals surface area contributed by atoms with Crippen molar-refractivity contribution in [1.29, 1.82) is 0 Å². The minimum Gasteiger partial charge on any atom is -0.357 e. The lowest BCUT2D eigenvalue weighted by Crippen LogP contribution is -2.17. The quantitative estimate of drug-likeness (QED) is 0.688. The summed E-state index contributed by atoms with van der Waals surface area (Å²) in [6.07, 6.45) is 2.39. The van der Waals surface area contributed by atoms with Crippen molar-refractivity contribution < 1.29 is 0 Å². The average Bonchev–Trinajstić information content (AvgIpc) is 2.72. The van der Waals surface area contributed by atoms with E-state index in [1.807, 2.05) is 18.7 Å². The first-order chi connectivity index (χ1) is 6.33. The van der Waals surface area contributed by atoms with E-state index >= 15 is 0 Å². The summed E-state index contributed by atoms with van der Waals surface area (Å²) < 4.78 is 2.00. The Morgan fingerprint density at radius 1 is 1.54 bits per heavy atom. The molecule has 0 aliphatic carbocycles. The molecule has 5 nitrogen and oxygen atoms in total. The fourth-order valence-electron chi connectivity index (χ4n) is 1.77. The lowest BCUT2D eigenvalue weighted by Gasteiger charge is -2.09. The molecule has 0 aromatic carbocycles. The van der Waals surface area contributed by atoms with Gasteiger partial charge in [-0.05, 0) is 19.4 Å². The molecule has 2 N–H and O–H groups in total. The van der Waals surface area contributed by atoms with Crippen LogP contribution in [0.3, 0.4) is 0 Å². The molecule has 1 aromatic rings. The number of hydrogen-bond acceptors (Lipinski definition) is 4. The van der Waals surface area contributed by atoms with E-state index in [-0.39, 0.29) is 0 Å². The highest BCUT2D eigenvalue weighted by molar-refractivity contribution is 5.24. The van der Waals surface area contributed by atoms with Gasteiger partial charge in [0.25, 0.3) is 0 Å². The topological polar surface area (TPSA) is 54.8 Å². The van der Waals surface area contributed by atoms with Crippen LogP contribution in [0.5, 0.6) is 0 Å². The van der Waals surface area contributed by atoms with E-state index in [1.54, 1.807) is 0 Å². The fraction of sp³-hybridized carbons (Fsp3) is 0.750. The van der Waals surface area contributed by atoms with Crippen LogP contribution >= 0.6 is 0 Å². The summed E-state index contributed by atoms with van der Waals surface area (Å²) in [7, 11) is 3.84. The van der Waals surface area contributed by atoms with Gasteiger partial charge in [0.2, 0.25) is 5.95 Å². The Bertz CT molecular complexity index is 287. The molecule has 13 heavy (non-hydrogen) atoms. The Morgan fingerprint density at radius 3 is 2.92 bits per heavy atom. The minimum atomic E-state index is 0.389. The molecular formula is C8H15N5. The molecule has 0 unspecified atom stereocenters. The van der Waals surface area contributed by atoms with Crippen LogP contribution in [0.2, 0.25) is 0 Å². The SMILES string of the molecule is CNc1nnc([C@H]2CCCN2)n1C. The van der Waals surface area contributed by atoms with Crippen LogP contribution in [-0.4, -0.2) is 28.4 Å². The highest BCUT2D eigenvalue weighted by Crippen LogP contribution is 2.21. The summed E-state index contributed by atoms with van der Waals surface area (Å²) in [5.41, 5.74) is 0. The van der Waals surface area contributed by atoms with Gasteiger partial charge in [0.05, 0.1) is 6.04 Å². The summed E-state index contributed by atoms with van der Waals surface area (Å²) in [4.78, 5) is 0. The molecule has 1 atom stereocenters. The van der Waals surface area contributed by atoms with Crippen molar-refractivity contribution in [1.82, 2.24) is 20.1 Å². The van der Waals surface area contributed by atoms with Gasteiger partial charge in [0.15, 0.2) is 5.82 Å². The zero-order chi connectivity index (χ0) is 9.26. The van der Waals surface area contributed by atoms with Crippen LogP contribution in [0, 0.1) is 0 Å². The first kappa shape index (κ1) is 8.50. The summed E-state index contributed by atoms with van der Waals surface area (Å²) in [6, 6.07) is 0.389. The van der Waals surface area contributed by atoms with Crippen molar-refractivity contribution in [3.8, 4) is 0 Å². The molecule has 0 radical (unpaired) electrons. The Labute approximate surface area is 77.5 Å². The zero-order valence-corrected chi connectivity index (χ0v) is 8.04. The van der Waals surface area contributed by atoms with Crippen molar-refractivity contribution in [2.24, 2.45) is 7.05 Å². The molecule has 1 saturated heterocycles. The zero-order valence-electron chi connectivity index (χ0n) is 8.04.